The molecule has 18 heavy (non-hydrogen) atoms. The topological polar surface area (TPSA) is 75.3 Å². The molecule has 0 radical (unpaired) electrons. The molecule has 2 heterocycles. The first-order chi connectivity index (χ1) is 8.37. The number of nitrogens with zero attached hydrogens (tertiary/aromatic N) is 2. The maximum absolute atomic E-state index is 11.8. The molecule has 2 amide bonds. The van der Waals surface area contributed by atoms with Crippen LogP contribution in [-0.2, 0) is 9.53 Å². The summed E-state index contributed by atoms with van der Waals surface area (Å²) in [4.78, 5) is 24.6. The number of aromatic amines is 1. The summed E-state index contributed by atoms with van der Waals surface area (Å²) in [6.07, 6.45) is 2.38. The van der Waals surface area contributed by atoms with Crippen molar-refractivity contribution in [2.75, 3.05) is 6.54 Å². The van der Waals surface area contributed by atoms with Gasteiger partial charge >= 0.3 is 6.09 Å². The van der Waals surface area contributed by atoms with Crippen molar-refractivity contribution in [3.63, 3.8) is 0 Å². The molecule has 0 saturated heterocycles. The van der Waals surface area contributed by atoms with Gasteiger partial charge in [0.05, 0.1) is 12.2 Å². The Morgan fingerprint density at radius 2 is 2.22 bits per heavy atom. The third-order valence-corrected chi connectivity index (χ3v) is 2.35. The Kier molecular flexibility index (Phi) is 2.94. The molecule has 1 aliphatic rings. The van der Waals surface area contributed by atoms with E-state index in [1.807, 2.05) is 0 Å². The van der Waals surface area contributed by atoms with Gasteiger partial charge in [-0.3, -0.25) is 9.89 Å². The average Bonchev–Trinajstić information content (AvgIpc) is 2.82. The third kappa shape index (κ3) is 2.58. The number of hydrogen-bond acceptors (Lipinski definition) is 4. The summed E-state index contributed by atoms with van der Waals surface area (Å²) in [5.41, 5.74) is 0.839. The molecule has 1 N–H and O–H groups in total. The maximum Gasteiger partial charge on any atom is 0.417 e. The van der Waals surface area contributed by atoms with E-state index in [-0.39, 0.29) is 12.5 Å². The van der Waals surface area contributed by atoms with E-state index in [1.165, 1.54) is 6.08 Å². The summed E-state index contributed by atoms with van der Waals surface area (Å²) < 4.78 is 5.16. The van der Waals surface area contributed by atoms with Gasteiger partial charge in [-0.2, -0.15) is 5.10 Å². The first kappa shape index (κ1) is 12.3. The Morgan fingerprint density at radius 3 is 2.78 bits per heavy atom. The summed E-state index contributed by atoms with van der Waals surface area (Å²) >= 11 is 0. The number of carbonyl (C=O) groups is 2. The molecule has 1 aromatic rings. The minimum Gasteiger partial charge on any atom is -0.443 e. The van der Waals surface area contributed by atoms with Gasteiger partial charge in [0.2, 0.25) is 0 Å². The molecule has 6 nitrogen and oxygen atoms in total. The Labute approximate surface area is 105 Å². The van der Waals surface area contributed by atoms with Crippen LogP contribution in [0.4, 0.5) is 4.79 Å². The Bertz CT molecular complexity index is 497. The first-order valence-electron chi connectivity index (χ1n) is 5.61. The van der Waals surface area contributed by atoms with Crippen molar-refractivity contribution in [1.82, 2.24) is 15.1 Å². The SMILES string of the molecule is CC(C)(C)OC(=O)N1CC(c2ccn[nH]2)=CC1=O. The van der Waals surface area contributed by atoms with Gasteiger partial charge in [-0.25, -0.2) is 9.69 Å². The lowest BCUT2D eigenvalue weighted by molar-refractivity contribution is -0.123. The lowest BCUT2D eigenvalue weighted by atomic mass is 10.2. The number of carbonyl (C=O) groups excluding carboxylic acids is 2. The molecule has 0 aliphatic carbocycles. The third-order valence-electron chi connectivity index (χ3n) is 2.35. The lowest BCUT2D eigenvalue weighted by Gasteiger charge is -2.23. The number of hydrogen-bond donors (Lipinski definition) is 1. The molecule has 0 atom stereocenters. The van der Waals surface area contributed by atoms with Crippen LogP contribution in [0, 0.1) is 0 Å². The number of imide groups is 1. The summed E-state index contributed by atoms with van der Waals surface area (Å²) in [7, 11) is 0. The minimum absolute atomic E-state index is 0.204. The molecule has 6 heteroatoms. The lowest BCUT2D eigenvalue weighted by Crippen LogP contribution is -2.38. The fraction of sp³-hybridized carbons (Fsp3) is 0.417. The van der Waals surface area contributed by atoms with Crippen LogP contribution in [0.2, 0.25) is 0 Å². The molecule has 1 aromatic heterocycles. The van der Waals surface area contributed by atoms with E-state index in [0.717, 1.165) is 16.2 Å². The zero-order chi connectivity index (χ0) is 13.3. The van der Waals surface area contributed by atoms with Gasteiger partial charge in [0.15, 0.2) is 0 Å². The molecular formula is C12H15N3O3. The summed E-state index contributed by atoms with van der Waals surface area (Å²) in [6, 6.07) is 1.75. The quantitative estimate of drug-likeness (QED) is 0.819. The number of rotatable bonds is 1. The van der Waals surface area contributed by atoms with Crippen LogP contribution in [-0.4, -0.2) is 39.2 Å². The fourth-order valence-corrected chi connectivity index (χ4v) is 1.59. The number of ether oxygens (including phenoxy) is 1. The summed E-state index contributed by atoms with van der Waals surface area (Å²) in [6.45, 7) is 5.48. The molecule has 0 unspecified atom stereocenters. The first-order valence-corrected chi connectivity index (χ1v) is 5.61. The van der Waals surface area contributed by atoms with E-state index >= 15 is 0 Å². The van der Waals surface area contributed by atoms with Crippen LogP contribution < -0.4 is 0 Å². The van der Waals surface area contributed by atoms with Crippen molar-refractivity contribution < 1.29 is 14.3 Å². The molecule has 0 bridgehead atoms. The van der Waals surface area contributed by atoms with E-state index in [9.17, 15) is 9.59 Å². The largest absolute Gasteiger partial charge is 0.443 e. The second kappa shape index (κ2) is 4.29. The van der Waals surface area contributed by atoms with Crippen LogP contribution in [0.3, 0.4) is 0 Å². The van der Waals surface area contributed by atoms with Crippen molar-refractivity contribution in [2.45, 2.75) is 26.4 Å². The minimum atomic E-state index is -0.627. The molecule has 0 fully saturated rings. The van der Waals surface area contributed by atoms with Crippen molar-refractivity contribution in [3.05, 3.63) is 24.0 Å². The zero-order valence-electron chi connectivity index (χ0n) is 10.6. The smallest absolute Gasteiger partial charge is 0.417 e. The van der Waals surface area contributed by atoms with Crippen LogP contribution in [0.15, 0.2) is 18.3 Å². The van der Waals surface area contributed by atoms with E-state index < -0.39 is 11.7 Å². The van der Waals surface area contributed by atoms with Gasteiger partial charge in [-0.15, -0.1) is 0 Å². The van der Waals surface area contributed by atoms with Gasteiger partial charge in [-0.1, -0.05) is 0 Å². The highest BCUT2D eigenvalue weighted by Crippen LogP contribution is 2.21. The van der Waals surface area contributed by atoms with Crippen LogP contribution in [0.1, 0.15) is 26.5 Å². The second-order valence-corrected chi connectivity index (χ2v) is 5.04. The van der Waals surface area contributed by atoms with Crippen LogP contribution in [0.25, 0.3) is 5.57 Å². The maximum atomic E-state index is 11.8. The summed E-state index contributed by atoms with van der Waals surface area (Å²) in [5.74, 6) is -0.367. The molecule has 96 valence electrons. The number of amides is 2. The molecule has 2 rings (SSSR count). The Balaban J connectivity index is 2.08. The van der Waals surface area contributed by atoms with Crippen molar-refractivity contribution in [2.24, 2.45) is 0 Å². The van der Waals surface area contributed by atoms with E-state index in [4.69, 9.17) is 4.74 Å². The highest BCUT2D eigenvalue weighted by molar-refractivity contribution is 6.07. The Hall–Kier alpha value is -2.11. The van der Waals surface area contributed by atoms with Gasteiger partial charge < -0.3 is 4.74 Å². The van der Waals surface area contributed by atoms with Gasteiger partial charge in [0.25, 0.3) is 5.91 Å². The molecular weight excluding hydrogens is 234 g/mol. The number of aromatic nitrogens is 2. The standard InChI is InChI=1S/C12H15N3O3/c1-12(2,3)18-11(17)15-7-8(6-10(15)16)9-4-5-13-14-9/h4-6H,7H2,1-3H3,(H,13,14). The van der Waals surface area contributed by atoms with Gasteiger partial charge in [0.1, 0.15) is 5.60 Å². The number of H-pyrrole nitrogens is 1. The predicted molar refractivity (Wildman–Crippen MR) is 64.5 cm³/mol. The predicted octanol–water partition coefficient (Wildman–Crippen LogP) is 1.57. The molecule has 0 saturated carbocycles. The average molecular weight is 249 g/mol. The van der Waals surface area contributed by atoms with Crippen molar-refractivity contribution in [1.29, 1.82) is 0 Å². The summed E-state index contributed by atoms with van der Waals surface area (Å²) in [5, 5.41) is 6.57. The zero-order valence-corrected chi connectivity index (χ0v) is 10.6. The van der Waals surface area contributed by atoms with E-state index in [2.05, 4.69) is 10.2 Å². The van der Waals surface area contributed by atoms with Gasteiger partial charge in [-0.05, 0) is 26.8 Å². The van der Waals surface area contributed by atoms with E-state index in [1.54, 1.807) is 33.0 Å². The fourth-order valence-electron chi connectivity index (χ4n) is 1.59. The molecule has 1 aliphatic heterocycles. The van der Waals surface area contributed by atoms with E-state index in [0.29, 0.717) is 0 Å². The van der Waals surface area contributed by atoms with Crippen molar-refractivity contribution >= 4 is 17.6 Å². The highest BCUT2D eigenvalue weighted by atomic mass is 16.6. The van der Waals surface area contributed by atoms with Crippen LogP contribution >= 0.6 is 0 Å². The van der Waals surface area contributed by atoms with Crippen molar-refractivity contribution in [3.8, 4) is 0 Å². The molecule has 0 spiro atoms. The van der Waals surface area contributed by atoms with Crippen LogP contribution in [0.5, 0.6) is 0 Å². The number of nitrogens with one attached hydrogen (secondary N) is 1. The monoisotopic (exact) mass is 249 g/mol. The van der Waals surface area contributed by atoms with Gasteiger partial charge in [0, 0.05) is 17.8 Å². The highest BCUT2D eigenvalue weighted by Gasteiger charge is 2.31. The Morgan fingerprint density at radius 1 is 1.50 bits per heavy atom. The normalized spacial score (nSPS) is 15.8. The molecule has 0 aromatic carbocycles. The second-order valence-electron chi connectivity index (χ2n) is 5.04.